The predicted octanol–water partition coefficient (Wildman–Crippen LogP) is 0.572. The second-order valence-corrected chi connectivity index (χ2v) is 10.9. The van der Waals surface area contributed by atoms with Gasteiger partial charge in [0.15, 0.2) is 34.3 Å². The third kappa shape index (κ3) is 4.74. The summed E-state index contributed by atoms with van der Waals surface area (Å²) in [5.41, 5.74) is 7.50. The van der Waals surface area contributed by atoms with E-state index in [1.165, 1.54) is 35.5 Å². The van der Waals surface area contributed by atoms with Gasteiger partial charge in [-0.1, -0.05) is 16.9 Å². The van der Waals surface area contributed by atoms with Crippen LogP contribution in [0.1, 0.15) is 5.69 Å². The number of hydrogen-bond donors (Lipinski definition) is 3. The highest BCUT2D eigenvalue weighted by Gasteiger charge is 2.54. The zero-order chi connectivity index (χ0) is 26.3. The number of nitrogens with two attached hydrogens (primary N) is 1. The van der Waals surface area contributed by atoms with Crippen molar-refractivity contribution in [3.05, 3.63) is 40.8 Å². The fourth-order valence-corrected chi connectivity index (χ4v) is 6.73. The first-order valence-electron chi connectivity index (χ1n) is 10.7. The molecule has 37 heavy (non-hydrogen) atoms. The van der Waals surface area contributed by atoms with E-state index in [4.69, 9.17) is 15.0 Å². The molecule has 13 nitrogen and oxygen atoms in total. The Labute approximate surface area is 221 Å². The number of rotatable bonds is 8. The lowest BCUT2D eigenvalue weighted by Gasteiger charge is -2.49. The fraction of sp³-hybridized carbons (Fsp3) is 0.286. The fourth-order valence-electron chi connectivity index (χ4n) is 3.86. The minimum absolute atomic E-state index is 0.0904. The molecule has 2 aliphatic rings. The van der Waals surface area contributed by atoms with Crippen LogP contribution in [0.15, 0.2) is 49.9 Å². The average molecular weight is 563 g/mol. The number of anilines is 1. The van der Waals surface area contributed by atoms with E-state index in [1.807, 2.05) is 24.0 Å². The maximum atomic E-state index is 13.0. The van der Waals surface area contributed by atoms with Crippen molar-refractivity contribution in [2.45, 2.75) is 16.6 Å². The second kappa shape index (κ2) is 10.0. The predicted molar refractivity (Wildman–Crippen MR) is 136 cm³/mol. The highest BCUT2D eigenvalue weighted by Crippen LogP contribution is 2.41. The van der Waals surface area contributed by atoms with Crippen molar-refractivity contribution in [2.24, 2.45) is 12.2 Å². The van der Waals surface area contributed by atoms with E-state index in [2.05, 4.69) is 20.4 Å². The number of carboxylic acid groups (broad SMARTS) is 1. The lowest BCUT2D eigenvalue weighted by atomic mass is 10.0. The van der Waals surface area contributed by atoms with Gasteiger partial charge in [-0.15, -0.1) is 23.1 Å². The van der Waals surface area contributed by atoms with Crippen molar-refractivity contribution in [3.63, 3.8) is 0 Å². The van der Waals surface area contributed by atoms with E-state index in [1.54, 1.807) is 11.4 Å². The molecule has 0 aliphatic carbocycles. The Kier molecular flexibility index (Phi) is 6.78. The summed E-state index contributed by atoms with van der Waals surface area (Å²) < 4.78 is 7.58. The SMILES string of the molecule is CON=C(C(=O)NC1C(=O)N2C(C(=O)O)=C(CSc3nc4c[n+](C)ccc4o3)CS[C@@H]12)c1csc(N)n1. The molecule has 0 spiro atoms. The number of oxazole rings is 1. The number of aryl methyl sites for hydroxylation is 1. The molecule has 5 rings (SSSR count). The molecule has 0 saturated carbocycles. The van der Waals surface area contributed by atoms with Crippen molar-refractivity contribution < 1.29 is 33.3 Å². The number of fused-ring (bicyclic) bond motifs is 2. The highest BCUT2D eigenvalue weighted by molar-refractivity contribution is 8.01. The summed E-state index contributed by atoms with van der Waals surface area (Å²) in [4.78, 5) is 52.4. The first-order chi connectivity index (χ1) is 17.8. The van der Waals surface area contributed by atoms with Crippen molar-refractivity contribution in [1.82, 2.24) is 20.2 Å². The van der Waals surface area contributed by atoms with Crippen LogP contribution in [0.25, 0.3) is 11.1 Å². The lowest BCUT2D eigenvalue weighted by Crippen LogP contribution is -2.71. The van der Waals surface area contributed by atoms with Crippen LogP contribution >= 0.6 is 34.9 Å². The van der Waals surface area contributed by atoms with Crippen LogP contribution < -0.4 is 15.6 Å². The smallest absolute Gasteiger partial charge is 0.352 e. The van der Waals surface area contributed by atoms with E-state index in [0.29, 0.717) is 27.6 Å². The normalized spacial score (nSPS) is 19.6. The molecule has 3 aromatic rings. The van der Waals surface area contributed by atoms with Crippen molar-refractivity contribution >= 4 is 74.6 Å². The number of thioether (sulfide) groups is 2. The summed E-state index contributed by atoms with van der Waals surface area (Å²) in [5, 5.41) is 17.9. The summed E-state index contributed by atoms with van der Waals surface area (Å²) in [6.45, 7) is 0. The standard InChI is InChI=1S/C21H19N7O6S3/c1-27-4-3-12-10(5-27)24-21(34-12)37-7-9-6-35-18-14(17(30)28(18)15(9)19(31)32)25-16(29)13(26-33-2)11-8-36-20(22)23-11/h3-5,8,14,18H,6-7H2,1-2H3,(H3-,22,23,25,29,31,32)/p+1/t14?,18-/m0/s1. The number of nitrogens with zero attached hydrogens (tertiary/aromatic N) is 5. The number of carboxylic acids is 1. The first kappa shape index (κ1) is 25.0. The molecular formula is C21H20N7O6S3+. The van der Waals surface area contributed by atoms with Crippen LogP contribution in [-0.4, -0.2) is 73.5 Å². The minimum atomic E-state index is -1.22. The zero-order valence-electron chi connectivity index (χ0n) is 19.4. The molecule has 0 bridgehead atoms. The number of carbonyl (C=O) groups excluding carboxylic acids is 2. The van der Waals surface area contributed by atoms with Gasteiger partial charge in [-0.2, -0.15) is 4.98 Å². The Morgan fingerprint density at radius 2 is 2.27 bits per heavy atom. The number of pyridine rings is 1. The number of nitrogens with one attached hydrogen (secondary N) is 1. The summed E-state index contributed by atoms with van der Waals surface area (Å²) >= 11 is 3.74. The van der Waals surface area contributed by atoms with Gasteiger partial charge in [-0.25, -0.2) is 14.3 Å². The van der Waals surface area contributed by atoms with Crippen LogP contribution in [0.4, 0.5) is 5.13 Å². The van der Waals surface area contributed by atoms with Crippen molar-refractivity contribution in [3.8, 4) is 0 Å². The molecule has 2 amide bonds. The number of amides is 2. The van der Waals surface area contributed by atoms with Gasteiger partial charge in [-0.05, 0) is 5.57 Å². The summed E-state index contributed by atoms with van der Waals surface area (Å²) in [6, 6.07) is 0.867. The van der Waals surface area contributed by atoms with E-state index < -0.39 is 29.2 Å². The molecular weight excluding hydrogens is 542 g/mol. The number of hydrogen-bond acceptors (Lipinski definition) is 12. The average Bonchev–Trinajstić information content (AvgIpc) is 3.48. The third-order valence-corrected chi connectivity index (χ3v) is 8.44. The van der Waals surface area contributed by atoms with Gasteiger partial charge in [0.05, 0.1) is 0 Å². The zero-order valence-corrected chi connectivity index (χ0v) is 21.9. The Balaban J connectivity index is 1.31. The monoisotopic (exact) mass is 562 g/mol. The summed E-state index contributed by atoms with van der Waals surface area (Å²) in [5.74, 6) is -1.81. The van der Waals surface area contributed by atoms with Crippen LogP contribution in [0.3, 0.4) is 0 Å². The largest absolute Gasteiger partial charge is 0.477 e. The molecule has 0 aromatic carbocycles. The number of oxime groups is 1. The second-order valence-electron chi connectivity index (χ2n) is 7.94. The van der Waals surface area contributed by atoms with E-state index in [9.17, 15) is 19.5 Å². The molecule has 3 aromatic heterocycles. The summed E-state index contributed by atoms with van der Waals surface area (Å²) in [7, 11) is 3.15. The minimum Gasteiger partial charge on any atom is -0.477 e. The van der Waals surface area contributed by atoms with Gasteiger partial charge in [-0.3, -0.25) is 14.5 Å². The van der Waals surface area contributed by atoms with Gasteiger partial charge >= 0.3 is 5.97 Å². The maximum absolute atomic E-state index is 13.0. The molecule has 16 heteroatoms. The topological polar surface area (TPSA) is 177 Å². The van der Waals surface area contributed by atoms with Gasteiger partial charge in [0, 0.05) is 23.0 Å². The van der Waals surface area contributed by atoms with Crippen LogP contribution in [-0.2, 0) is 26.3 Å². The molecule has 1 fully saturated rings. The van der Waals surface area contributed by atoms with Crippen LogP contribution in [0.5, 0.6) is 0 Å². The lowest BCUT2D eigenvalue weighted by molar-refractivity contribution is -0.670. The molecule has 1 saturated heterocycles. The van der Waals surface area contributed by atoms with E-state index in [0.717, 1.165) is 11.3 Å². The van der Waals surface area contributed by atoms with Crippen LogP contribution in [0, 0.1) is 0 Å². The Hall–Kier alpha value is -3.63. The third-order valence-electron chi connectivity index (χ3n) is 5.52. The van der Waals surface area contributed by atoms with Crippen LogP contribution in [0.2, 0.25) is 0 Å². The molecule has 4 N–H and O–H groups in total. The molecule has 2 aliphatic heterocycles. The first-order valence-corrected chi connectivity index (χ1v) is 13.6. The molecule has 1 unspecified atom stereocenters. The Bertz CT molecular complexity index is 1480. The van der Waals surface area contributed by atoms with Crippen molar-refractivity contribution in [2.75, 3.05) is 24.3 Å². The van der Waals surface area contributed by atoms with Gasteiger partial charge in [0.2, 0.25) is 0 Å². The number of carbonyl (C=O) groups is 3. The molecule has 2 atom stereocenters. The van der Waals surface area contributed by atoms with Crippen molar-refractivity contribution in [1.29, 1.82) is 0 Å². The van der Waals surface area contributed by atoms with Gasteiger partial charge < -0.3 is 25.4 Å². The van der Waals surface area contributed by atoms with E-state index >= 15 is 0 Å². The van der Waals surface area contributed by atoms with Gasteiger partial charge in [0.25, 0.3) is 17.0 Å². The van der Waals surface area contributed by atoms with E-state index in [-0.39, 0.29) is 28.0 Å². The molecule has 0 radical (unpaired) electrons. The highest BCUT2D eigenvalue weighted by atomic mass is 32.2. The number of thiazole rings is 1. The molecule has 5 heterocycles. The number of aromatic nitrogens is 3. The Morgan fingerprint density at radius 1 is 1.46 bits per heavy atom. The summed E-state index contributed by atoms with van der Waals surface area (Å²) in [6.07, 6.45) is 3.66. The Morgan fingerprint density at radius 3 is 2.97 bits per heavy atom. The molecule has 192 valence electrons. The van der Waals surface area contributed by atoms with Gasteiger partial charge in [0.1, 0.15) is 37.0 Å². The number of nitrogen functional groups attached to an aromatic ring is 1. The number of β-lactam (4-membered cyclic amide) rings is 1. The number of aliphatic carboxylic acids is 1. The maximum Gasteiger partial charge on any atom is 0.352 e. The quantitative estimate of drug-likeness (QED) is 0.115.